The lowest BCUT2D eigenvalue weighted by Crippen LogP contribution is -1.98. The molecule has 54 heavy (non-hydrogen) atoms. The summed E-state index contributed by atoms with van der Waals surface area (Å²) in [4.78, 5) is 0. The molecule has 0 bridgehead atoms. The Hall–Kier alpha value is -6.76. The van der Waals surface area contributed by atoms with E-state index in [1.165, 1.54) is 99.5 Å². The Morgan fingerprint density at radius 2 is 0.852 bits per heavy atom. The van der Waals surface area contributed by atoms with Gasteiger partial charge in [-0.25, -0.2) is 0 Å². The van der Waals surface area contributed by atoms with Crippen LogP contribution in [0.15, 0.2) is 206 Å². The summed E-state index contributed by atoms with van der Waals surface area (Å²) in [7, 11) is 0. The van der Waals surface area contributed by atoms with Gasteiger partial charge in [0.1, 0.15) is 0 Å². The maximum atomic E-state index is 2.41. The highest BCUT2D eigenvalue weighted by Gasteiger charge is 2.18. The minimum Gasteiger partial charge on any atom is -0.0622 e. The minimum absolute atomic E-state index is 1.18. The van der Waals surface area contributed by atoms with Gasteiger partial charge in [0, 0.05) is 0 Å². The van der Waals surface area contributed by atoms with Gasteiger partial charge in [-0.1, -0.05) is 188 Å². The summed E-state index contributed by atoms with van der Waals surface area (Å²) in [5, 5.41) is 5.04. The summed E-state index contributed by atoms with van der Waals surface area (Å²) in [6, 6.07) is 75.5. The van der Waals surface area contributed by atoms with Crippen molar-refractivity contribution in [2.24, 2.45) is 0 Å². The third-order valence-corrected chi connectivity index (χ3v) is 10.6. The van der Waals surface area contributed by atoms with Gasteiger partial charge < -0.3 is 0 Å². The van der Waals surface area contributed by atoms with Gasteiger partial charge in [0.2, 0.25) is 0 Å². The van der Waals surface area contributed by atoms with Crippen LogP contribution in [0.25, 0.3) is 66.1 Å². The van der Waals surface area contributed by atoms with Gasteiger partial charge in [-0.3, -0.25) is 0 Å². The predicted octanol–water partition coefficient (Wildman–Crippen LogP) is 14.6. The number of hydrogen-bond donors (Lipinski definition) is 0. The van der Waals surface area contributed by atoms with E-state index in [1.54, 1.807) is 0 Å². The van der Waals surface area contributed by atoms with Crippen LogP contribution in [0.4, 0.5) is 0 Å². The Morgan fingerprint density at radius 1 is 0.315 bits per heavy atom. The van der Waals surface area contributed by atoms with Gasteiger partial charge in [-0.2, -0.15) is 0 Å². The SMILES string of the molecule is Cc1ccc(-c2cccc(-c3cc(-c4cccc(C(=C(c5ccccc5)c5ccccc5)c5ccccc5)c4)cc4ccc5ccccc5c34)c2)c(C)c1. The number of aryl methyl sites for hydroxylation is 2. The first-order valence-corrected chi connectivity index (χ1v) is 18.8. The summed E-state index contributed by atoms with van der Waals surface area (Å²) in [6.07, 6.45) is 0. The van der Waals surface area contributed by atoms with E-state index in [1.807, 2.05) is 0 Å². The molecule has 0 amide bonds. The van der Waals surface area contributed by atoms with E-state index in [2.05, 4.69) is 220 Å². The zero-order valence-corrected chi connectivity index (χ0v) is 30.6. The van der Waals surface area contributed by atoms with Gasteiger partial charge in [-0.15, -0.1) is 0 Å². The molecule has 0 nitrogen and oxygen atoms in total. The van der Waals surface area contributed by atoms with Crippen molar-refractivity contribution in [3.05, 3.63) is 240 Å². The van der Waals surface area contributed by atoms with Crippen molar-refractivity contribution in [2.75, 3.05) is 0 Å². The normalized spacial score (nSPS) is 11.1. The minimum atomic E-state index is 1.18. The van der Waals surface area contributed by atoms with E-state index in [9.17, 15) is 0 Å². The quantitative estimate of drug-likeness (QED) is 0.115. The van der Waals surface area contributed by atoms with Crippen LogP contribution in [0, 0.1) is 13.8 Å². The van der Waals surface area contributed by atoms with E-state index < -0.39 is 0 Å². The zero-order valence-electron chi connectivity index (χ0n) is 30.6. The molecule has 9 rings (SSSR count). The molecule has 0 saturated heterocycles. The highest BCUT2D eigenvalue weighted by Crippen LogP contribution is 2.42. The highest BCUT2D eigenvalue weighted by atomic mass is 14.2. The van der Waals surface area contributed by atoms with Crippen LogP contribution in [0.5, 0.6) is 0 Å². The second-order valence-corrected chi connectivity index (χ2v) is 14.2. The molecule has 9 aromatic rings. The average Bonchev–Trinajstić information content (AvgIpc) is 3.23. The Bertz CT molecular complexity index is 2760. The fourth-order valence-electron chi connectivity index (χ4n) is 8.11. The molecule has 0 aliphatic rings. The standard InChI is InChI=1S/C54H40/c1-37-28-31-49(38(2)32-37)44-24-15-25-45(34-44)51-36-48(35-47-30-29-39-16-12-13-27-50(39)54(47)51)43-23-14-26-46(33-43)53(42-21-10-5-11-22-42)52(40-17-6-3-7-18-40)41-19-8-4-9-20-41/h3-36H,1-2H3. The van der Waals surface area contributed by atoms with Crippen LogP contribution in [0.3, 0.4) is 0 Å². The first-order chi connectivity index (χ1) is 26.6. The van der Waals surface area contributed by atoms with Crippen LogP contribution in [0.2, 0.25) is 0 Å². The van der Waals surface area contributed by atoms with Crippen LogP contribution < -0.4 is 0 Å². The van der Waals surface area contributed by atoms with E-state index in [4.69, 9.17) is 0 Å². The molecule has 0 heteroatoms. The lowest BCUT2D eigenvalue weighted by molar-refractivity contribution is 1.38. The lowest BCUT2D eigenvalue weighted by atomic mass is 9.84. The topological polar surface area (TPSA) is 0 Å². The van der Waals surface area contributed by atoms with E-state index >= 15 is 0 Å². The third kappa shape index (κ3) is 6.33. The van der Waals surface area contributed by atoms with Gasteiger partial charge in [-0.05, 0) is 132 Å². The number of benzene rings is 9. The van der Waals surface area contributed by atoms with Gasteiger partial charge in [0.25, 0.3) is 0 Å². The van der Waals surface area contributed by atoms with Crippen molar-refractivity contribution in [1.82, 2.24) is 0 Å². The predicted molar refractivity (Wildman–Crippen MR) is 232 cm³/mol. The van der Waals surface area contributed by atoms with Crippen LogP contribution in [-0.2, 0) is 0 Å². The zero-order chi connectivity index (χ0) is 36.4. The first-order valence-electron chi connectivity index (χ1n) is 18.8. The molecule has 0 spiro atoms. The van der Waals surface area contributed by atoms with Crippen molar-refractivity contribution in [2.45, 2.75) is 13.8 Å². The Labute approximate surface area is 318 Å². The van der Waals surface area contributed by atoms with E-state index in [0.717, 1.165) is 0 Å². The molecule has 0 heterocycles. The second-order valence-electron chi connectivity index (χ2n) is 14.2. The molecule has 0 fully saturated rings. The van der Waals surface area contributed by atoms with E-state index in [-0.39, 0.29) is 0 Å². The molecule has 256 valence electrons. The molecule has 0 radical (unpaired) electrons. The average molecular weight is 689 g/mol. The Balaban J connectivity index is 1.28. The summed E-state index contributed by atoms with van der Waals surface area (Å²) < 4.78 is 0. The number of rotatable bonds is 7. The molecular weight excluding hydrogens is 649 g/mol. The smallest absolute Gasteiger partial charge is 0.00264 e. The maximum absolute atomic E-state index is 2.41. The Kier molecular flexibility index (Phi) is 8.79. The van der Waals surface area contributed by atoms with Crippen molar-refractivity contribution in [3.63, 3.8) is 0 Å². The summed E-state index contributed by atoms with van der Waals surface area (Å²) in [6.45, 7) is 4.37. The van der Waals surface area contributed by atoms with Gasteiger partial charge in [0.15, 0.2) is 0 Å². The third-order valence-electron chi connectivity index (χ3n) is 10.6. The second kappa shape index (κ2) is 14.3. The lowest BCUT2D eigenvalue weighted by Gasteiger charge is -2.19. The molecule has 0 atom stereocenters. The molecule has 0 aliphatic heterocycles. The van der Waals surface area contributed by atoms with Crippen LogP contribution in [-0.4, -0.2) is 0 Å². The van der Waals surface area contributed by atoms with Gasteiger partial charge >= 0.3 is 0 Å². The van der Waals surface area contributed by atoms with Crippen molar-refractivity contribution >= 4 is 32.7 Å². The molecule has 0 aliphatic carbocycles. The largest absolute Gasteiger partial charge is 0.0622 e. The molecule has 0 saturated carbocycles. The fraction of sp³-hybridized carbons (Fsp3) is 0.0370. The summed E-state index contributed by atoms with van der Waals surface area (Å²) in [5.41, 5.74) is 17.1. The highest BCUT2D eigenvalue weighted by molar-refractivity contribution is 6.16. The molecule has 0 N–H and O–H groups in total. The Morgan fingerprint density at radius 3 is 1.52 bits per heavy atom. The molecule has 0 unspecified atom stereocenters. The summed E-state index contributed by atoms with van der Waals surface area (Å²) in [5.74, 6) is 0. The molecule has 0 aromatic heterocycles. The maximum Gasteiger partial charge on any atom is -0.00264 e. The molecular formula is C54H40. The van der Waals surface area contributed by atoms with E-state index in [0.29, 0.717) is 0 Å². The molecule has 9 aromatic carbocycles. The first kappa shape index (κ1) is 33.1. The number of fused-ring (bicyclic) bond motifs is 3. The van der Waals surface area contributed by atoms with Crippen molar-refractivity contribution in [1.29, 1.82) is 0 Å². The number of hydrogen-bond acceptors (Lipinski definition) is 0. The fourth-order valence-corrected chi connectivity index (χ4v) is 8.11. The van der Waals surface area contributed by atoms with Crippen molar-refractivity contribution < 1.29 is 0 Å². The van der Waals surface area contributed by atoms with Crippen LogP contribution >= 0.6 is 0 Å². The van der Waals surface area contributed by atoms with Crippen molar-refractivity contribution in [3.8, 4) is 33.4 Å². The van der Waals surface area contributed by atoms with Gasteiger partial charge in [0.05, 0.1) is 0 Å². The summed E-state index contributed by atoms with van der Waals surface area (Å²) >= 11 is 0. The van der Waals surface area contributed by atoms with Crippen LogP contribution in [0.1, 0.15) is 33.4 Å². The monoisotopic (exact) mass is 688 g/mol.